The molecule has 1 aromatic carbocycles. The van der Waals surface area contributed by atoms with E-state index in [0.717, 1.165) is 21.3 Å². The third-order valence-corrected chi connectivity index (χ3v) is 4.63. The summed E-state index contributed by atoms with van der Waals surface area (Å²) < 4.78 is 2.03. The Morgan fingerprint density at radius 1 is 1.30 bits per heavy atom. The monoisotopic (exact) mass is 329 g/mol. The van der Waals surface area contributed by atoms with Crippen LogP contribution in [0.25, 0.3) is 10.9 Å². The predicted molar refractivity (Wildman–Crippen MR) is 92.4 cm³/mol. The number of hydrogen-bond acceptors (Lipinski definition) is 3. The molecule has 0 bridgehead atoms. The number of nitrogens with one attached hydrogen (secondary N) is 2. The zero-order valence-corrected chi connectivity index (χ0v) is 13.6. The van der Waals surface area contributed by atoms with Gasteiger partial charge in [0.25, 0.3) is 0 Å². The number of amides is 2. The number of carbonyl (C=O) groups excluding carboxylic acids is 1. The van der Waals surface area contributed by atoms with Gasteiger partial charge in [0, 0.05) is 30.2 Å². The number of fused-ring (bicyclic) bond motifs is 1. The van der Waals surface area contributed by atoms with Gasteiger partial charge in [-0.2, -0.15) is 0 Å². The van der Waals surface area contributed by atoms with Gasteiger partial charge < -0.3 is 20.3 Å². The van der Waals surface area contributed by atoms with Crippen molar-refractivity contribution in [1.82, 2.24) is 15.2 Å². The van der Waals surface area contributed by atoms with Crippen molar-refractivity contribution in [2.24, 2.45) is 7.05 Å². The van der Waals surface area contributed by atoms with Gasteiger partial charge in [-0.05, 0) is 40.6 Å². The van der Waals surface area contributed by atoms with E-state index in [9.17, 15) is 9.90 Å². The van der Waals surface area contributed by atoms with Gasteiger partial charge in [0.15, 0.2) is 0 Å². The number of benzene rings is 1. The molecule has 0 radical (unpaired) electrons. The average molecular weight is 329 g/mol. The number of hydrogen-bond donors (Lipinski definition) is 3. The van der Waals surface area contributed by atoms with E-state index >= 15 is 0 Å². The van der Waals surface area contributed by atoms with Gasteiger partial charge in [0.1, 0.15) is 0 Å². The smallest absolute Gasteiger partial charge is 0.315 e. The standard InChI is InChI=1S/C17H19N3O2S/c1-20-7-6-12-9-13(4-5-15(12)20)16(21)11-19-17(22)18-10-14-3-2-8-23-14/h2-9,16,21H,10-11H2,1H3,(H2,18,19,22)/t16-/m1/s1. The highest BCUT2D eigenvalue weighted by Crippen LogP contribution is 2.20. The van der Waals surface area contributed by atoms with Crippen LogP contribution in [-0.4, -0.2) is 22.2 Å². The van der Waals surface area contributed by atoms with E-state index in [1.54, 1.807) is 11.3 Å². The highest BCUT2D eigenvalue weighted by Gasteiger charge is 2.11. The molecule has 2 amide bonds. The summed E-state index contributed by atoms with van der Waals surface area (Å²) in [5.74, 6) is 0. The molecule has 2 heterocycles. The molecule has 0 aliphatic heterocycles. The zero-order chi connectivity index (χ0) is 16.2. The van der Waals surface area contributed by atoms with Crippen molar-refractivity contribution < 1.29 is 9.90 Å². The number of urea groups is 1. The predicted octanol–water partition coefficient (Wildman–Crippen LogP) is 2.77. The molecular formula is C17H19N3O2S. The van der Waals surface area contributed by atoms with Crippen molar-refractivity contribution in [2.75, 3.05) is 6.54 Å². The summed E-state index contributed by atoms with van der Waals surface area (Å²) in [4.78, 5) is 12.9. The highest BCUT2D eigenvalue weighted by molar-refractivity contribution is 7.09. The maximum Gasteiger partial charge on any atom is 0.315 e. The third kappa shape index (κ3) is 3.72. The Kier molecular flexibility index (Phi) is 4.64. The first-order chi connectivity index (χ1) is 11.1. The summed E-state index contributed by atoms with van der Waals surface area (Å²) in [6, 6.07) is 11.5. The molecule has 0 aliphatic rings. The first-order valence-corrected chi connectivity index (χ1v) is 8.28. The molecule has 1 atom stereocenters. The number of nitrogens with zero attached hydrogens (tertiary/aromatic N) is 1. The van der Waals surface area contributed by atoms with E-state index in [1.807, 2.05) is 59.6 Å². The fourth-order valence-corrected chi connectivity index (χ4v) is 3.10. The molecule has 0 spiro atoms. The van der Waals surface area contributed by atoms with Crippen LogP contribution in [0.5, 0.6) is 0 Å². The third-order valence-electron chi connectivity index (χ3n) is 3.75. The molecular weight excluding hydrogens is 310 g/mol. The van der Waals surface area contributed by atoms with Crippen LogP contribution < -0.4 is 10.6 Å². The molecule has 3 rings (SSSR count). The average Bonchev–Trinajstić information content (AvgIpc) is 3.20. The number of carbonyl (C=O) groups is 1. The van der Waals surface area contributed by atoms with Gasteiger partial charge in [-0.3, -0.25) is 0 Å². The molecule has 3 N–H and O–H groups in total. The molecule has 0 unspecified atom stereocenters. The van der Waals surface area contributed by atoms with Crippen molar-refractivity contribution in [3.8, 4) is 0 Å². The Morgan fingerprint density at radius 2 is 2.17 bits per heavy atom. The second-order valence-corrected chi connectivity index (χ2v) is 6.44. The van der Waals surface area contributed by atoms with Crippen LogP contribution in [0.15, 0.2) is 48.0 Å². The van der Waals surface area contributed by atoms with Gasteiger partial charge in [-0.15, -0.1) is 11.3 Å². The van der Waals surface area contributed by atoms with Crippen molar-refractivity contribution in [3.63, 3.8) is 0 Å². The molecule has 0 saturated heterocycles. The van der Waals surface area contributed by atoms with E-state index < -0.39 is 6.10 Å². The minimum Gasteiger partial charge on any atom is -0.387 e. The Bertz CT molecular complexity index is 795. The Morgan fingerprint density at radius 3 is 2.96 bits per heavy atom. The summed E-state index contributed by atoms with van der Waals surface area (Å²) >= 11 is 1.60. The number of aliphatic hydroxyl groups is 1. The van der Waals surface area contributed by atoms with Crippen LogP contribution in [0.4, 0.5) is 4.79 Å². The largest absolute Gasteiger partial charge is 0.387 e. The molecule has 2 aromatic heterocycles. The topological polar surface area (TPSA) is 66.3 Å². The van der Waals surface area contributed by atoms with Crippen molar-refractivity contribution in [1.29, 1.82) is 0 Å². The van der Waals surface area contributed by atoms with Gasteiger partial charge >= 0.3 is 6.03 Å². The normalized spacial score (nSPS) is 12.3. The van der Waals surface area contributed by atoms with Gasteiger partial charge in [-0.25, -0.2) is 4.79 Å². The molecule has 0 saturated carbocycles. The van der Waals surface area contributed by atoms with Crippen LogP contribution in [0, 0.1) is 0 Å². The van der Waals surface area contributed by atoms with Crippen LogP contribution in [0.1, 0.15) is 16.5 Å². The van der Waals surface area contributed by atoms with Crippen LogP contribution in [0.2, 0.25) is 0 Å². The molecule has 23 heavy (non-hydrogen) atoms. The molecule has 0 fully saturated rings. The maximum atomic E-state index is 11.8. The van der Waals surface area contributed by atoms with Crippen LogP contribution in [-0.2, 0) is 13.6 Å². The van der Waals surface area contributed by atoms with Crippen molar-refractivity contribution >= 4 is 28.3 Å². The number of aromatic nitrogens is 1. The van der Waals surface area contributed by atoms with E-state index in [-0.39, 0.29) is 12.6 Å². The summed E-state index contributed by atoms with van der Waals surface area (Å²) in [5, 5.41) is 18.8. The lowest BCUT2D eigenvalue weighted by Gasteiger charge is -2.13. The van der Waals surface area contributed by atoms with Crippen molar-refractivity contribution in [2.45, 2.75) is 12.6 Å². The Labute approximate surface area is 138 Å². The number of rotatable bonds is 5. The lowest BCUT2D eigenvalue weighted by molar-refractivity contribution is 0.173. The number of thiophene rings is 1. The first kappa shape index (κ1) is 15.6. The molecule has 5 nitrogen and oxygen atoms in total. The van der Waals surface area contributed by atoms with E-state index in [2.05, 4.69) is 10.6 Å². The number of aryl methyl sites for hydroxylation is 1. The lowest BCUT2D eigenvalue weighted by Crippen LogP contribution is -2.37. The minimum atomic E-state index is -0.730. The number of aliphatic hydroxyl groups excluding tert-OH is 1. The second kappa shape index (κ2) is 6.85. The fraction of sp³-hybridized carbons (Fsp3) is 0.235. The maximum absolute atomic E-state index is 11.8. The molecule has 6 heteroatoms. The quantitative estimate of drug-likeness (QED) is 0.674. The SMILES string of the molecule is Cn1ccc2cc([C@H](O)CNC(=O)NCc3cccs3)ccc21. The Balaban J connectivity index is 1.53. The molecule has 0 aliphatic carbocycles. The van der Waals surface area contributed by atoms with Gasteiger partial charge in [-0.1, -0.05) is 12.1 Å². The van der Waals surface area contributed by atoms with Crippen LogP contribution in [0.3, 0.4) is 0 Å². The summed E-state index contributed by atoms with van der Waals surface area (Å²) in [5.41, 5.74) is 1.91. The van der Waals surface area contributed by atoms with Gasteiger partial charge in [0.05, 0.1) is 12.6 Å². The summed E-state index contributed by atoms with van der Waals surface area (Å²) in [7, 11) is 1.98. The Hall–Kier alpha value is -2.31. The van der Waals surface area contributed by atoms with E-state index in [1.165, 1.54) is 0 Å². The zero-order valence-electron chi connectivity index (χ0n) is 12.8. The minimum absolute atomic E-state index is 0.175. The second-order valence-electron chi connectivity index (χ2n) is 5.40. The fourth-order valence-electron chi connectivity index (χ4n) is 2.46. The van der Waals surface area contributed by atoms with Gasteiger partial charge in [0.2, 0.25) is 0 Å². The van der Waals surface area contributed by atoms with E-state index in [0.29, 0.717) is 6.54 Å². The van der Waals surface area contributed by atoms with Crippen molar-refractivity contribution in [3.05, 3.63) is 58.4 Å². The van der Waals surface area contributed by atoms with E-state index in [4.69, 9.17) is 0 Å². The molecule has 3 aromatic rings. The summed E-state index contributed by atoms with van der Waals surface area (Å²) in [6.45, 7) is 0.671. The first-order valence-electron chi connectivity index (χ1n) is 7.40. The lowest BCUT2D eigenvalue weighted by atomic mass is 10.1. The summed E-state index contributed by atoms with van der Waals surface area (Å²) in [6.07, 6.45) is 1.25. The van der Waals surface area contributed by atoms with Crippen LogP contribution >= 0.6 is 11.3 Å². The highest BCUT2D eigenvalue weighted by atomic mass is 32.1. The molecule has 120 valence electrons.